The standard InChI is InChI=1S/C22H21FN4O5/c23-18-7-2-1-6-17(18)21-24-19(26-32-21)15-4-3-5-16(14-15)20(28)25-22(29)31-13-10-27-8-11-30-12-9-27/h1-7,14H,8-13H2,(H,25,28,29). The summed E-state index contributed by atoms with van der Waals surface area (Å²) < 4.78 is 29.4. The number of carbonyl (C=O) groups is 2. The van der Waals surface area contributed by atoms with Crippen LogP contribution in [-0.4, -0.2) is 66.5 Å². The molecule has 32 heavy (non-hydrogen) atoms. The number of hydrogen-bond acceptors (Lipinski definition) is 8. The Kier molecular flexibility index (Phi) is 6.83. The van der Waals surface area contributed by atoms with Crippen LogP contribution in [0.3, 0.4) is 0 Å². The van der Waals surface area contributed by atoms with Gasteiger partial charge in [0.15, 0.2) is 0 Å². The van der Waals surface area contributed by atoms with E-state index in [1.165, 1.54) is 24.3 Å². The van der Waals surface area contributed by atoms with Gasteiger partial charge in [0, 0.05) is 30.8 Å². The van der Waals surface area contributed by atoms with E-state index in [1.807, 2.05) is 0 Å². The van der Waals surface area contributed by atoms with E-state index in [0.717, 1.165) is 13.1 Å². The molecule has 2 amide bonds. The summed E-state index contributed by atoms with van der Waals surface area (Å²) in [6.07, 6.45) is -0.824. The van der Waals surface area contributed by atoms with Crippen LogP contribution in [0.15, 0.2) is 53.1 Å². The number of ether oxygens (including phenoxy) is 2. The number of carbonyl (C=O) groups excluding carboxylic acids is 2. The SMILES string of the molecule is O=C(NC(=O)c1cccc(-c2noc(-c3ccccc3F)n2)c1)OCCN1CCOCC1. The lowest BCUT2D eigenvalue weighted by molar-refractivity contribution is 0.0281. The van der Waals surface area contributed by atoms with Gasteiger partial charge in [-0.05, 0) is 24.3 Å². The molecule has 1 saturated heterocycles. The third-order valence-corrected chi connectivity index (χ3v) is 4.87. The lowest BCUT2D eigenvalue weighted by Crippen LogP contribution is -2.39. The molecule has 0 aliphatic carbocycles. The topological polar surface area (TPSA) is 107 Å². The smallest absolute Gasteiger partial charge is 0.414 e. The number of benzene rings is 2. The Balaban J connectivity index is 1.36. The van der Waals surface area contributed by atoms with E-state index in [1.54, 1.807) is 24.3 Å². The number of amides is 2. The Morgan fingerprint density at radius 2 is 1.94 bits per heavy atom. The van der Waals surface area contributed by atoms with Crippen molar-refractivity contribution in [3.8, 4) is 22.8 Å². The summed E-state index contributed by atoms with van der Waals surface area (Å²) >= 11 is 0. The van der Waals surface area contributed by atoms with Gasteiger partial charge >= 0.3 is 6.09 Å². The van der Waals surface area contributed by atoms with Crippen LogP contribution in [-0.2, 0) is 9.47 Å². The molecule has 1 fully saturated rings. The predicted molar refractivity (Wildman–Crippen MR) is 111 cm³/mol. The second-order valence-electron chi connectivity index (χ2n) is 7.03. The number of alkyl carbamates (subject to hydrolysis) is 1. The van der Waals surface area contributed by atoms with Crippen LogP contribution in [0.2, 0.25) is 0 Å². The lowest BCUT2D eigenvalue weighted by Gasteiger charge is -2.26. The molecule has 0 atom stereocenters. The van der Waals surface area contributed by atoms with Crippen molar-refractivity contribution in [2.24, 2.45) is 0 Å². The highest BCUT2D eigenvalue weighted by atomic mass is 19.1. The van der Waals surface area contributed by atoms with Crippen LogP contribution in [0.1, 0.15) is 10.4 Å². The first-order valence-corrected chi connectivity index (χ1v) is 10.1. The summed E-state index contributed by atoms with van der Waals surface area (Å²) in [6.45, 7) is 3.62. The maximum Gasteiger partial charge on any atom is 0.414 e. The van der Waals surface area contributed by atoms with Crippen molar-refractivity contribution in [3.63, 3.8) is 0 Å². The number of nitrogens with zero attached hydrogens (tertiary/aromatic N) is 3. The van der Waals surface area contributed by atoms with Crippen LogP contribution in [0.4, 0.5) is 9.18 Å². The van der Waals surface area contributed by atoms with Crippen molar-refractivity contribution >= 4 is 12.0 Å². The van der Waals surface area contributed by atoms with E-state index < -0.39 is 17.8 Å². The number of hydrogen-bond donors (Lipinski definition) is 1. The third-order valence-electron chi connectivity index (χ3n) is 4.87. The van der Waals surface area contributed by atoms with Gasteiger partial charge in [0.2, 0.25) is 5.82 Å². The largest absolute Gasteiger partial charge is 0.448 e. The van der Waals surface area contributed by atoms with Gasteiger partial charge in [-0.15, -0.1) is 0 Å². The molecule has 9 nitrogen and oxygen atoms in total. The van der Waals surface area contributed by atoms with Crippen molar-refractivity contribution < 1.29 is 28.0 Å². The molecule has 2 aromatic carbocycles. The van der Waals surface area contributed by atoms with Crippen LogP contribution >= 0.6 is 0 Å². The Labute approximate surface area is 183 Å². The van der Waals surface area contributed by atoms with E-state index >= 15 is 0 Å². The van der Waals surface area contributed by atoms with Gasteiger partial charge in [0.05, 0.1) is 18.8 Å². The van der Waals surface area contributed by atoms with Crippen molar-refractivity contribution in [3.05, 3.63) is 59.9 Å². The number of aromatic nitrogens is 2. The molecule has 0 unspecified atom stereocenters. The van der Waals surface area contributed by atoms with Gasteiger partial charge in [0.25, 0.3) is 11.8 Å². The Bertz CT molecular complexity index is 1100. The summed E-state index contributed by atoms with van der Waals surface area (Å²) in [6, 6.07) is 12.4. The molecular formula is C22H21FN4O5. The monoisotopic (exact) mass is 440 g/mol. The molecule has 4 rings (SSSR count). The molecule has 0 saturated carbocycles. The van der Waals surface area contributed by atoms with E-state index in [2.05, 4.69) is 20.4 Å². The lowest BCUT2D eigenvalue weighted by atomic mass is 10.1. The quantitative estimate of drug-likeness (QED) is 0.624. The molecule has 2 heterocycles. The second-order valence-corrected chi connectivity index (χ2v) is 7.03. The summed E-state index contributed by atoms with van der Waals surface area (Å²) in [5.74, 6) is -0.896. The maximum absolute atomic E-state index is 13.9. The molecular weight excluding hydrogens is 419 g/mol. The molecule has 0 spiro atoms. The fourth-order valence-corrected chi connectivity index (χ4v) is 3.18. The number of rotatable bonds is 6. The van der Waals surface area contributed by atoms with Gasteiger partial charge in [-0.2, -0.15) is 4.98 Å². The summed E-state index contributed by atoms with van der Waals surface area (Å²) in [5, 5.41) is 6.05. The van der Waals surface area contributed by atoms with Crippen molar-refractivity contribution in [1.29, 1.82) is 0 Å². The first-order chi connectivity index (χ1) is 15.6. The molecule has 166 valence electrons. The van der Waals surface area contributed by atoms with Crippen LogP contribution in [0, 0.1) is 5.82 Å². The zero-order valence-electron chi connectivity index (χ0n) is 17.1. The zero-order valence-corrected chi connectivity index (χ0v) is 17.1. The first kappa shape index (κ1) is 21.6. The number of halogens is 1. The minimum Gasteiger partial charge on any atom is -0.448 e. The van der Waals surface area contributed by atoms with Gasteiger partial charge < -0.3 is 14.0 Å². The van der Waals surface area contributed by atoms with Crippen LogP contribution in [0.25, 0.3) is 22.8 Å². The third kappa shape index (κ3) is 5.34. The minimum absolute atomic E-state index is 0.0248. The first-order valence-electron chi connectivity index (χ1n) is 10.1. The van der Waals surface area contributed by atoms with Crippen molar-refractivity contribution in [2.75, 3.05) is 39.5 Å². The fraction of sp³-hybridized carbons (Fsp3) is 0.273. The van der Waals surface area contributed by atoms with Gasteiger partial charge in [-0.25, -0.2) is 9.18 Å². The molecule has 1 N–H and O–H groups in total. The van der Waals surface area contributed by atoms with Crippen LogP contribution in [0.5, 0.6) is 0 Å². The van der Waals surface area contributed by atoms with Gasteiger partial charge in [-0.1, -0.05) is 29.4 Å². The summed E-state index contributed by atoms with van der Waals surface area (Å²) in [5.41, 5.74) is 0.870. The highest BCUT2D eigenvalue weighted by molar-refractivity contribution is 6.03. The fourth-order valence-electron chi connectivity index (χ4n) is 3.18. The Morgan fingerprint density at radius 1 is 1.12 bits per heavy atom. The van der Waals surface area contributed by atoms with Crippen molar-refractivity contribution in [1.82, 2.24) is 20.4 Å². The molecule has 3 aromatic rings. The van der Waals surface area contributed by atoms with E-state index in [-0.39, 0.29) is 29.4 Å². The van der Waals surface area contributed by atoms with Crippen molar-refractivity contribution in [2.45, 2.75) is 0 Å². The Morgan fingerprint density at radius 3 is 2.75 bits per heavy atom. The van der Waals surface area contributed by atoms with E-state index in [0.29, 0.717) is 25.3 Å². The number of nitrogens with one attached hydrogen (secondary N) is 1. The molecule has 1 aromatic heterocycles. The summed E-state index contributed by atoms with van der Waals surface area (Å²) in [4.78, 5) is 30.7. The highest BCUT2D eigenvalue weighted by Crippen LogP contribution is 2.24. The minimum atomic E-state index is -0.824. The Hall–Kier alpha value is -3.63. The zero-order chi connectivity index (χ0) is 22.3. The maximum atomic E-state index is 13.9. The molecule has 1 aliphatic rings. The summed E-state index contributed by atoms with van der Waals surface area (Å²) in [7, 11) is 0. The predicted octanol–water partition coefficient (Wildman–Crippen LogP) is 2.74. The molecule has 10 heteroatoms. The average molecular weight is 440 g/mol. The van der Waals surface area contributed by atoms with Gasteiger partial charge in [0.1, 0.15) is 12.4 Å². The highest BCUT2D eigenvalue weighted by Gasteiger charge is 2.17. The number of morpholine rings is 1. The van der Waals surface area contributed by atoms with Gasteiger partial charge in [-0.3, -0.25) is 15.0 Å². The number of imide groups is 1. The average Bonchev–Trinajstić information content (AvgIpc) is 3.30. The van der Waals surface area contributed by atoms with Crippen LogP contribution < -0.4 is 5.32 Å². The molecule has 0 bridgehead atoms. The van der Waals surface area contributed by atoms with E-state index in [9.17, 15) is 14.0 Å². The molecule has 0 radical (unpaired) electrons. The second kappa shape index (κ2) is 10.1. The normalized spacial score (nSPS) is 14.2. The molecule has 1 aliphatic heterocycles. The van der Waals surface area contributed by atoms with E-state index in [4.69, 9.17) is 14.0 Å².